The van der Waals surface area contributed by atoms with Crippen molar-refractivity contribution < 1.29 is 9.53 Å². The molecule has 0 aromatic heterocycles. The second-order valence-electron chi connectivity index (χ2n) is 6.11. The maximum Gasteiger partial charge on any atom is 0.338 e. The van der Waals surface area contributed by atoms with Crippen molar-refractivity contribution in [3.8, 4) is 0 Å². The van der Waals surface area contributed by atoms with Crippen molar-refractivity contribution in [2.24, 2.45) is 5.41 Å². The van der Waals surface area contributed by atoms with Crippen molar-refractivity contribution >= 4 is 5.97 Å². The third kappa shape index (κ3) is 4.06. The van der Waals surface area contributed by atoms with Gasteiger partial charge in [-0.3, -0.25) is 4.90 Å². The second kappa shape index (κ2) is 6.20. The number of methoxy groups -OCH3 is 1. The van der Waals surface area contributed by atoms with Crippen LogP contribution in [0.4, 0.5) is 0 Å². The van der Waals surface area contributed by atoms with Gasteiger partial charge in [0.15, 0.2) is 0 Å². The Morgan fingerprint density at radius 2 is 1.89 bits per heavy atom. The third-order valence-electron chi connectivity index (χ3n) is 3.76. The van der Waals surface area contributed by atoms with E-state index in [-0.39, 0.29) is 11.4 Å². The lowest BCUT2D eigenvalue weighted by Gasteiger charge is -2.35. The Bertz CT molecular complexity index is 435. The van der Waals surface area contributed by atoms with Gasteiger partial charge in [-0.2, -0.15) is 0 Å². The summed E-state index contributed by atoms with van der Waals surface area (Å²) in [4.78, 5) is 14.0. The molecular formula is C16H25NO2. The highest BCUT2D eigenvalue weighted by atomic mass is 16.5. The van der Waals surface area contributed by atoms with Gasteiger partial charge in [0, 0.05) is 12.6 Å². The monoisotopic (exact) mass is 263 g/mol. The molecule has 3 nitrogen and oxygen atoms in total. The summed E-state index contributed by atoms with van der Waals surface area (Å²) in [6.07, 6.45) is 0. The smallest absolute Gasteiger partial charge is 0.338 e. The summed E-state index contributed by atoms with van der Waals surface area (Å²) in [6.45, 7) is 9.62. The molecule has 1 aromatic carbocycles. The third-order valence-corrected chi connectivity index (χ3v) is 3.76. The number of carbonyl (C=O) groups excluding carboxylic acids is 1. The lowest BCUT2D eigenvalue weighted by Crippen LogP contribution is -2.39. The summed E-state index contributed by atoms with van der Waals surface area (Å²) >= 11 is 0. The second-order valence-corrected chi connectivity index (χ2v) is 6.11. The highest BCUT2D eigenvalue weighted by Gasteiger charge is 2.24. The predicted molar refractivity (Wildman–Crippen MR) is 78.2 cm³/mol. The van der Waals surface area contributed by atoms with E-state index in [1.54, 1.807) is 0 Å². The van der Waals surface area contributed by atoms with Crippen LogP contribution < -0.4 is 0 Å². The quantitative estimate of drug-likeness (QED) is 0.780. The minimum absolute atomic E-state index is 0.203. The van der Waals surface area contributed by atoms with Gasteiger partial charge in [-0.15, -0.1) is 0 Å². The van der Waals surface area contributed by atoms with Gasteiger partial charge >= 0.3 is 5.97 Å². The molecule has 1 rings (SSSR count). The predicted octanol–water partition coefficient (Wildman–Crippen LogP) is 3.34. The molecule has 0 N–H and O–H groups in total. The van der Waals surface area contributed by atoms with Gasteiger partial charge in [0.05, 0.1) is 12.7 Å². The SMILES string of the molecule is COC(=O)c1ccccc1CN(C)C(C)C(C)(C)C. The van der Waals surface area contributed by atoms with E-state index >= 15 is 0 Å². The van der Waals surface area contributed by atoms with Crippen LogP contribution in [0.3, 0.4) is 0 Å². The van der Waals surface area contributed by atoms with Crippen LogP contribution in [0, 0.1) is 5.41 Å². The van der Waals surface area contributed by atoms with Crippen molar-refractivity contribution in [3.05, 3.63) is 35.4 Å². The van der Waals surface area contributed by atoms with Crippen LogP contribution in [0.2, 0.25) is 0 Å². The summed E-state index contributed by atoms with van der Waals surface area (Å²) in [5.74, 6) is -0.271. The van der Waals surface area contributed by atoms with Gasteiger partial charge < -0.3 is 4.74 Å². The van der Waals surface area contributed by atoms with E-state index in [9.17, 15) is 4.79 Å². The van der Waals surface area contributed by atoms with Gasteiger partial charge in [0.25, 0.3) is 0 Å². The number of hydrogen-bond acceptors (Lipinski definition) is 3. The Morgan fingerprint density at radius 3 is 2.42 bits per heavy atom. The van der Waals surface area contributed by atoms with Crippen LogP contribution in [0.15, 0.2) is 24.3 Å². The number of rotatable bonds is 4. The lowest BCUT2D eigenvalue weighted by molar-refractivity contribution is 0.0597. The topological polar surface area (TPSA) is 29.5 Å². The van der Waals surface area contributed by atoms with Gasteiger partial charge in [0.2, 0.25) is 0 Å². The molecule has 1 unspecified atom stereocenters. The van der Waals surface area contributed by atoms with Crippen LogP contribution in [-0.2, 0) is 11.3 Å². The summed E-state index contributed by atoms with van der Waals surface area (Å²) in [6, 6.07) is 8.04. The molecule has 0 radical (unpaired) electrons. The maximum atomic E-state index is 11.7. The average Bonchev–Trinajstić information content (AvgIpc) is 2.36. The first-order valence-corrected chi connectivity index (χ1v) is 6.64. The zero-order chi connectivity index (χ0) is 14.6. The van der Waals surface area contributed by atoms with E-state index in [1.807, 2.05) is 24.3 Å². The van der Waals surface area contributed by atoms with Gasteiger partial charge in [0.1, 0.15) is 0 Å². The van der Waals surface area contributed by atoms with Gasteiger partial charge in [-0.25, -0.2) is 4.79 Å². The maximum absolute atomic E-state index is 11.7. The summed E-state index contributed by atoms with van der Waals surface area (Å²) < 4.78 is 4.83. The molecule has 0 saturated carbocycles. The van der Waals surface area contributed by atoms with E-state index in [2.05, 4.69) is 39.6 Å². The Morgan fingerprint density at radius 1 is 1.32 bits per heavy atom. The summed E-state index contributed by atoms with van der Waals surface area (Å²) in [5, 5.41) is 0. The molecule has 0 bridgehead atoms. The fourth-order valence-corrected chi connectivity index (χ4v) is 2.03. The molecule has 3 heteroatoms. The summed E-state index contributed by atoms with van der Waals surface area (Å²) in [5.41, 5.74) is 1.86. The molecular weight excluding hydrogens is 238 g/mol. The van der Waals surface area contributed by atoms with Crippen molar-refractivity contribution in [3.63, 3.8) is 0 Å². The Hall–Kier alpha value is -1.35. The van der Waals surface area contributed by atoms with Crippen molar-refractivity contribution in [1.29, 1.82) is 0 Å². The average molecular weight is 263 g/mol. The Labute approximate surface area is 116 Å². The first kappa shape index (κ1) is 15.7. The fraction of sp³-hybridized carbons (Fsp3) is 0.562. The molecule has 0 spiro atoms. The van der Waals surface area contributed by atoms with E-state index in [1.165, 1.54) is 7.11 Å². The standard InChI is InChI=1S/C16H25NO2/c1-12(16(2,3)4)17(5)11-13-9-7-8-10-14(13)15(18)19-6/h7-10,12H,11H2,1-6H3. The number of esters is 1. The molecule has 19 heavy (non-hydrogen) atoms. The molecule has 0 amide bonds. The zero-order valence-electron chi connectivity index (χ0n) is 12.9. The molecule has 0 aliphatic rings. The molecule has 0 saturated heterocycles. The number of hydrogen-bond donors (Lipinski definition) is 0. The largest absolute Gasteiger partial charge is 0.465 e. The highest BCUT2D eigenvalue weighted by Crippen LogP contribution is 2.24. The Balaban J connectivity index is 2.91. The number of carbonyl (C=O) groups is 1. The van der Waals surface area contributed by atoms with E-state index in [0.29, 0.717) is 11.6 Å². The zero-order valence-corrected chi connectivity index (χ0v) is 12.9. The van der Waals surface area contributed by atoms with E-state index < -0.39 is 0 Å². The first-order valence-electron chi connectivity index (χ1n) is 6.64. The molecule has 0 heterocycles. The van der Waals surface area contributed by atoms with Crippen LogP contribution >= 0.6 is 0 Å². The van der Waals surface area contributed by atoms with E-state index in [0.717, 1.165) is 12.1 Å². The normalized spacial score (nSPS) is 13.4. The number of ether oxygens (including phenoxy) is 1. The molecule has 106 valence electrons. The van der Waals surface area contributed by atoms with E-state index in [4.69, 9.17) is 4.74 Å². The van der Waals surface area contributed by atoms with Crippen LogP contribution in [0.25, 0.3) is 0 Å². The molecule has 0 aliphatic heterocycles. The first-order chi connectivity index (χ1) is 8.77. The van der Waals surface area contributed by atoms with Crippen LogP contribution in [0.1, 0.15) is 43.6 Å². The minimum atomic E-state index is -0.271. The van der Waals surface area contributed by atoms with Crippen LogP contribution in [-0.4, -0.2) is 31.1 Å². The minimum Gasteiger partial charge on any atom is -0.465 e. The summed E-state index contributed by atoms with van der Waals surface area (Å²) in [7, 11) is 3.50. The van der Waals surface area contributed by atoms with Gasteiger partial charge in [-0.1, -0.05) is 39.0 Å². The molecule has 1 aromatic rings. The number of benzene rings is 1. The highest BCUT2D eigenvalue weighted by molar-refractivity contribution is 5.90. The molecule has 1 atom stereocenters. The lowest BCUT2D eigenvalue weighted by atomic mass is 9.87. The van der Waals surface area contributed by atoms with Crippen LogP contribution in [0.5, 0.6) is 0 Å². The number of nitrogens with zero attached hydrogens (tertiary/aromatic N) is 1. The molecule has 0 aliphatic carbocycles. The van der Waals surface area contributed by atoms with Crippen molar-refractivity contribution in [1.82, 2.24) is 4.90 Å². The van der Waals surface area contributed by atoms with Gasteiger partial charge in [-0.05, 0) is 31.0 Å². The fourth-order valence-electron chi connectivity index (χ4n) is 2.03. The Kier molecular flexibility index (Phi) is 5.12. The van der Waals surface area contributed by atoms with Crippen molar-refractivity contribution in [2.45, 2.75) is 40.3 Å². The molecule has 0 fully saturated rings. The van der Waals surface area contributed by atoms with Crippen molar-refractivity contribution in [2.75, 3.05) is 14.2 Å².